The lowest BCUT2D eigenvalue weighted by Gasteiger charge is -2.10. The Morgan fingerprint density at radius 3 is 1.32 bits per heavy atom. The first-order valence-electron chi connectivity index (χ1n) is 13.7. The number of fused-ring (bicyclic) bond motifs is 4. The highest BCUT2D eigenvalue weighted by Crippen LogP contribution is 2.32. The van der Waals surface area contributed by atoms with E-state index in [1.165, 1.54) is 54.7 Å². The highest BCUT2D eigenvalue weighted by molar-refractivity contribution is 6.09. The Kier molecular flexibility index (Phi) is 6.67. The average molecular weight is 517 g/mol. The summed E-state index contributed by atoms with van der Waals surface area (Å²) in [5.74, 6) is 0. The van der Waals surface area contributed by atoms with Gasteiger partial charge in [0.2, 0.25) is 0 Å². The van der Waals surface area contributed by atoms with E-state index in [4.69, 9.17) is 0 Å². The minimum absolute atomic E-state index is 1.02. The first kappa shape index (κ1) is 25.2. The number of hydrogen-bond acceptors (Lipinski definition) is 0. The predicted molar refractivity (Wildman–Crippen MR) is 174 cm³/mol. The molecule has 0 aliphatic heterocycles. The normalized spacial score (nSPS) is 11.6. The van der Waals surface area contributed by atoms with Crippen LogP contribution in [0.2, 0.25) is 0 Å². The summed E-state index contributed by atoms with van der Waals surface area (Å²) in [5, 5.41) is 6.01. The summed E-state index contributed by atoms with van der Waals surface area (Å²) < 4.78 is 4.60. The molecule has 194 valence electrons. The van der Waals surface area contributed by atoms with Crippen LogP contribution in [0.1, 0.15) is 13.8 Å². The van der Waals surface area contributed by atoms with Gasteiger partial charge in [-0.15, -0.1) is 6.58 Å². The van der Waals surface area contributed by atoms with Crippen molar-refractivity contribution in [1.82, 2.24) is 9.13 Å². The molecule has 0 amide bonds. The van der Waals surface area contributed by atoms with E-state index in [1.54, 1.807) is 6.08 Å². The lowest BCUT2D eigenvalue weighted by Crippen LogP contribution is -2.26. The summed E-state index contributed by atoms with van der Waals surface area (Å²) >= 11 is 0. The van der Waals surface area contributed by atoms with Gasteiger partial charge >= 0.3 is 0 Å². The molecule has 0 N–H and O–H groups in total. The van der Waals surface area contributed by atoms with Crippen molar-refractivity contribution < 1.29 is 0 Å². The standard InChI is InChI=1S/C35H26N2.C3H6/c1-3-29-24(2)36(33-13-7-4-10-30(29)33)27-20-16-25(17-21-27)26-18-22-28(23-19-26)37-34-14-8-5-11-31(34)32-12-6-9-15-35(32)37;1-3-2/h3-23H,2H2,1H3;3H,1H2,2H3/b29-3+;. The van der Waals surface area contributed by atoms with E-state index in [9.17, 15) is 0 Å². The van der Waals surface area contributed by atoms with Gasteiger partial charge in [-0.1, -0.05) is 97.6 Å². The number of rotatable bonds is 3. The summed E-state index contributed by atoms with van der Waals surface area (Å²) in [7, 11) is 0. The number of allylic oxidation sites excluding steroid dienone is 1. The van der Waals surface area contributed by atoms with E-state index in [0.717, 1.165) is 11.0 Å². The number of aromatic nitrogens is 2. The quantitative estimate of drug-likeness (QED) is 0.208. The van der Waals surface area contributed by atoms with Crippen molar-refractivity contribution in [2.75, 3.05) is 0 Å². The molecule has 0 saturated heterocycles. The zero-order valence-electron chi connectivity index (χ0n) is 23.0. The van der Waals surface area contributed by atoms with Gasteiger partial charge < -0.3 is 9.13 Å². The Morgan fingerprint density at radius 1 is 0.500 bits per heavy atom. The molecule has 2 aromatic heterocycles. The fourth-order valence-electron chi connectivity index (χ4n) is 5.74. The van der Waals surface area contributed by atoms with Crippen molar-refractivity contribution in [3.63, 3.8) is 0 Å². The average Bonchev–Trinajstić information content (AvgIpc) is 3.49. The maximum Gasteiger partial charge on any atom is 0.0541 e. The van der Waals surface area contributed by atoms with Gasteiger partial charge in [0.05, 0.1) is 16.6 Å². The topological polar surface area (TPSA) is 9.86 Å². The first-order chi connectivity index (χ1) is 19.7. The van der Waals surface area contributed by atoms with Gasteiger partial charge in [0, 0.05) is 38.1 Å². The van der Waals surface area contributed by atoms with Crippen LogP contribution in [0.15, 0.2) is 134 Å². The highest BCUT2D eigenvalue weighted by atomic mass is 15.0. The van der Waals surface area contributed by atoms with Gasteiger partial charge in [-0.2, -0.15) is 0 Å². The lowest BCUT2D eigenvalue weighted by molar-refractivity contribution is 1.07. The Morgan fingerprint density at radius 2 is 0.875 bits per heavy atom. The Balaban J connectivity index is 0.000000925. The summed E-state index contributed by atoms with van der Waals surface area (Å²) in [6, 6.07) is 43.4. The number of hydrogen-bond donors (Lipinski definition) is 0. The van der Waals surface area contributed by atoms with Crippen molar-refractivity contribution in [1.29, 1.82) is 0 Å². The van der Waals surface area contributed by atoms with Crippen LogP contribution in [0.4, 0.5) is 0 Å². The molecule has 0 spiro atoms. The summed E-state index contributed by atoms with van der Waals surface area (Å²) in [5.41, 5.74) is 8.33. The van der Waals surface area contributed by atoms with E-state index in [-0.39, 0.29) is 0 Å². The van der Waals surface area contributed by atoms with Gasteiger partial charge in [0.25, 0.3) is 0 Å². The van der Waals surface area contributed by atoms with Crippen LogP contribution < -0.4 is 10.6 Å². The van der Waals surface area contributed by atoms with Gasteiger partial charge in [0.15, 0.2) is 0 Å². The molecule has 0 atom stereocenters. The van der Waals surface area contributed by atoms with Crippen molar-refractivity contribution >= 4 is 45.4 Å². The lowest BCUT2D eigenvalue weighted by atomic mass is 10.0. The third kappa shape index (κ3) is 4.15. The van der Waals surface area contributed by atoms with Crippen LogP contribution in [-0.2, 0) is 0 Å². The smallest absolute Gasteiger partial charge is 0.0541 e. The summed E-state index contributed by atoms with van der Waals surface area (Å²) in [6.07, 6.45) is 3.90. The Bertz CT molecular complexity index is 2030. The molecule has 5 aromatic carbocycles. The zero-order valence-corrected chi connectivity index (χ0v) is 23.0. The maximum absolute atomic E-state index is 4.39. The molecule has 2 heteroatoms. The molecule has 7 aromatic rings. The van der Waals surface area contributed by atoms with E-state index >= 15 is 0 Å². The van der Waals surface area contributed by atoms with Crippen molar-refractivity contribution in [2.24, 2.45) is 0 Å². The molecule has 0 saturated carbocycles. The second kappa shape index (κ2) is 10.6. The molecular formula is C38H32N2. The van der Waals surface area contributed by atoms with Gasteiger partial charge in [-0.25, -0.2) is 0 Å². The molecule has 40 heavy (non-hydrogen) atoms. The first-order valence-corrected chi connectivity index (χ1v) is 13.7. The zero-order chi connectivity index (χ0) is 27.6. The van der Waals surface area contributed by atoms with Crippen molar-refractivity contribution in [3.05, 3.63) is 145 Å². The predicted octanol–water partition coefficient (Wildman–Crippen LogP) is 8.80. The van der Waals surface area contributed by atoms with Crippen LogP contribution in [0.5, 0.6) is 0 Å². The summed E-state index contributed by atoms with van der Waals surface area (Å²) in [4.78, 5) is 0. The Hall–Kier alpha value is -5.08. The third-order valence-electron chi connectivity index (χ3n) is 7.47. The molecule has 0 aliphatic carbocycles. The van der Waals surface area contributed by atoms with Crippen LogP contribution in [0, 0.1) is 0 Å². The maximum atomic E-state index is 4.39. The van der Waals surface area contributed by atoms with Crippen LogP contribution in [0.3, 0.4) is 0 Å². The SMILES string of the molecule is C=CC.C=c1/c(=C\C)c2ccccc2n1-c1ccc(-c2ccc(-n3c4ccccc4c4ccccc43)cc2)cc1. The largest absolute Gasteiger partial charge is 0.310 e. The number of nitrogens with zero attached hydrogens (tertiary/aromatic N) is 2. The molecule has 0 bridgehead atoms. The molecule has 0 aliphatic rings. The molecule has 0 radical (unpaired) electrons. The molecular weight excluding hydrogens is 484 g/mol. The monoisotopic (exact) mass is 516 g/mol. The van der Waals surface area contributed by atoms with Gasteiger partial charge in [-0.3, -0.25) is 0 Å². The highest BCUT2D eigenvalue weighted by Gasteiger charge is 2.12. The van der Waals surface area contributed by atoms with Crippen LogP contribution in [0.25, 0.3) is 67.9 Å². The van der Waals surface area contributed by atoms with Crippen LogP contribution >= 0.6 is 0 Å². The fraction of sp³-hybridized carbons (Fsp3) is 0.0526. The third-order valence-corrected chi connectivity index (χ3v) is 7.47. The Labute approximate surface area is 235 Å². The van der Waals surface area contributed by atoms with Crippen molar-refractivity contribution in [3.8, 4) is 22.5 Å². The summed E-state index contributed by atoms with van der Waals surface area (Å²) in [6.45, 7) is 11.7. The number of benzene rings is 5. The molecule has 7 rings (SSSR count). The molecule has 0 fully saturated rings. The minimum atomic E-state index is 1.02. The molecule has 2 heterocycles. The fourth-order valence-corrected chi connectivity index (χ4v) is 5.74. The molecule has 2 nitrogen and oxygen atoms in total. The van der Waals surface area contributed by atoms with Gasteiger partial charge in [0.1, 0.15) is 0 Å². The van der Waals surface area contributed by atoms with Crippen LogP contribution in [-0.4, -0.2) is 9.13 Å². The van der Waals surface area contributed by atoms with E-state index in [1.807, 2.05) is 6.92 Å². The van der Waals surface area contributed by atoms with E-state index in [2.05, 4.69) is 157 Å². The number of para-hydroxylation sites is 3. The minimum Gasteiger partial charge on any atom is -0.310 e. The molecule has 0 unspecified atom stereocenters. The van der Waals surface area contributed by atoms with Crippen molar-refractivity contribution in [2.45, 2.75) is 13.8 Å². The van der Waals surface area contributed by atoms with E-state index in [0.29, 0.717) is 0 Å². The van der Waals surface area contributed by atoms with Gasteiger partial charge in [-0.05, 0) is 67.4 Å². The second-order valence-electron chi connectivity index (χ2n) is 9.87. The van der Waals surface area contributed by atoms with E-state index < -0.39 is 0 Å². The second-order valence-corrected chi connectivity index (χ2v) is 9.87.